The lowest BCUT2D eigenvalue weighted by molar-refractivity contribution is -2.00. The number of thioether (sulfide) groups is 1. The molecule has 0 aliphatic heterocycles. The second kappa shape index (κ2) is 5.96. The molecule has 0 bridgehead atoms. The Morgan fingerprint density at radius 3 is 2.24 bits per heavy atom. The highest BCUT2D eigenvalue weighted by Crippen LogP contribution is 2.26. The van der Waals surface area contributed by atoms with E-state index in [0.717, 1.165) is 0 Å². The van der Waals surface area contributed by atoms with Gasteiger partial charge in [-0.05, 0) is 18.4 Å². The Kier molecular flexibility index (Phi) is 5.14. The van der Waals surface area contributed by atoms with Crippen LogP contribution in [0, 0.1) is 10.2 Å². The highest BCUT2D eigenvalue weighted by molar-refractivity contribution is 7.98. The average Bonchev–Trinajstić information content (AvgIpc) is 2.50. The van der Waals surface area contributed by atoms with Crippen LogP contribution in [0.25, 0.3) is 10.1 Å². The number of halogens is 1. The molecule has 0 radical (unpaired) electrons. The lowest BCUT2D eigenvalue weighted by atomic mass is 10.3. The van der Waals surface area contributed by atoms with Crippen molar-refractivity contribution in [2.75, 3.05) is 6.26 Å². The summed E-state index contributed by atoms with van der Waals surface area (Å²) in [5.41, 5.74) is 0. The van der Waals surface area contributed by atoms with Crippen molar-refractivity contribution in [1.82, 2.24) is 0 Å². The predicted molar refractivity (Wildman–Crippen MR) is 54.8 cm³/mol. The zero-order chi connectivity index (χ0) is 13.1. The maximum Gasteiger partial charge on any atom is 0.261 e. The van der Waals surface area contributed by atoms with Crippen LogP contribution in [0.1, 0.15) is 0 Å². The normalized spacial score (nSPS) is 11.2. The Balaban J connectivity index is 0.000000249. The van der Waals surface area contributed by atoms with E-state index in [1.165, 1.54) is 15.1 Å². The van der Waals surface area contributed by atoms with Gasteiger partial charge in [-0.3, -0.25) is 0 Å². The van der Waals surface area contributed by atoms with Crippen LogP contribution < -0.4 is 22.6 Å². The molecule has 0 amide bonds. The summed E-state index contributed by atoms with van der Waals surface area (Å²) in [5.74, 6) is 0. The molecule has 0 N–H and O–H groups in total. The predicted octanol–water partition coefficient (Wildman–Crippen LogP) is -2.31. The van der Waals surface area contributed by atoms with Gasteiger partial charge in [-0.25, -0.2) is 18.6 Å². The molecule has 0 saturated heterocycles. The molecule has 94 valence electrons. The highest BCUT2D eigenvalue weighted by atomic mass is 35.7. The first-order valence-corrected chi connectivity index (χ1v) is 7.60. The summed E-state index contributed by atoms with van der Waals surface area (Å²) in [6.07, 6.45) is 2.12. The van der Waals surface area contributed by atoms with Crippen molar-refractivity contribution in [1.29, 1.82) is 0 Å². The van der Waals surface area contributed by atoms with Crippen LogP contribution in [0.3, 0.4) is 0 Å². The van der Waals surface area contributed by atoms with Crippen LogP contribution in [0.5, 0.6) is 0 Å². The van der Waals surface area contributed by atoms with Crippen LogP contribution in [-0.2, 0) is 7.05 Å². The Bertz CT molecular complexity index is 491. The van der Waals surface area contributed by atoms with E-state index < -0.39 is 10.2 Å². The van der Waals surface area contributed by atoms with Crippen molar-refractivity contribution in [3.8, 4) is 0 Å². The van der Waals surface area contributed by atoms with Gasteiger partial charge in [0.05, 0.1) is 5.39 Å². The Hall–Kier alpha value is -0.410. The third-order valence-corrected chi connectivity index (χ3v) is 3.84. The van der Waals surface area contributed by atoms with E-state index in [1.807, 2.05) is 0 Å². The molecule has 17 heavy (non-hydrogen) atoms. The maximum atomic E-state index is 8.49. The summed E-state index contributed by atoms with van der Waals surface area (Å²) in [6.45, 7) is 0. The van der Waals surface area contributed by atoms with Crippen molar-refractivity contribution in [3.05, 3.63) is 24.3 Å². The standard InChI is InChI=1S/C9H10NS2.ClHO4/c1-10-9(11-2)7-5-3-4-6-8(7)12-10;2-1(3,4)5/h3-6H,1-2H3;(H,2,3,4,5)/q+1;/p-1. The fourth-order valence-corrected chi connectivity index (χ4v) is 3.25. The second-order valence-corrected chi connectivity index (χ2v) is 5.69. The molecule has 2 aromatic rings. The van der Waals surface area contributed by atoms with Crippen LogP contribution in [0.2, 0.25) is 0 Å². The van der Waals surface area contributed by atoms with E-state index in [4.69, 9.17) is 18.6 Å². The summed E-state index contributed by atoms with van der Waals surface area (Å²) in [7, 11) is -2.84. The molecule has 1 heterocycles. The third-order valence-electron chi connectivity index (χ3n) is 1.83. The lowest BCUT2D eigenvalue weighted by Crippen LogP contribution is -2.68. The SMILES string of the molecule is CSc1c2ccccc2s[n+]1C.[O-][Cl+3]([O-])([O-])[O-]. The molecule has 0 aliphatic carbocycles. The number of rotatable bonds is 1. The van der Waals surface area contributed by atoms with Crippen LogP contribution in [0.4, 0.5) is 0 Å². The third kappa shape index (κ3) is 4.76. The first-order valence-electron chi connectivity index (χ1n) is 4.36. The minimum absolute atomic E-state index is 1.36. The first-order chi connectivity index (χ1) is 7.83. The number of hydrogen-bond donors (Lipinski definition) is 0. The molecule has 1 aromatic carbocycles. The molecular weight excluding hydrogens is 286 g/mol. The van der Waals surface area contributed by atoms with Gasteiger partial charge in [-0.15, -0.1) is 14.2 Å². The van der Waals surface area contributed by atoms with E-state index in [9.17, 15) is 0 Å². The van der Waals surface area contributed by atoms with Gasteiger partial charge in [0.1, 0.15) is 16.2 Å². The Labute approximate surface area is 109 Å². The number of hydrogen-bond acceptors (Lipinski definition) is 6. The topological polar surface area (TPSA) is 96.1 Å². The maximum absolute atomic E-state index is 8.49. The molecule has 5 nitrogen and oxygen atoms in total. The van der Waals surface area contributed by atoms with Gasteiger partial charge >= 0.3 is 0 Å². The first kappa shape index (κ1) is 14.7. The van der Waals surface area contributed by atoms with Gasteiger partial charge in [0.15, 0.2) is 7.05 Å². The number of fused-ring (bicyclic) bond motifs is 1. The molecular formula is C9H10ClNO4S2. The van der Waals surface area contributed by atoms with E-state index in [1.54, 1.807) is 23.3 Å². The molecule has 0 spiro atoms. The fraction of sp³-hybridized carbons (Fsp3) is 0.222. The van der Waals surface area contributed by atoms with E-state index >= 15 is 0 Å². The van der Waals surface area contributed by atoms with Crippen molar-refractivity contribution in [2.24, 2.45) is 7.05 Å². The molecule has 0 atom stereocenters. The minimum atomic E-state index is -4.94. The number of aromatic nitrogens is 1. The largest absolute Gasteiger partial charge is 0.261 e. The zero-order valence-electron chi connectivity index (χ0n) is 9.08. The van der Waals surface area contributed by atoms with Crippen molar-refractivity contribution in [2.45, 2.75) is 5.03 Å². The van der Waals surface area contributed by atoms with Gasteiger partial charge in [0.25, 0.3) is 5.03 Å². The summed E-state index contributed by atoms with van der Waals surface area (Å²) in [4.78, 5) is 0. The van der Waals surface area contributed by atoms with E-state index in [2.05, 4.69) is 41.5 Å². The number of aryl methyl sites for hydroxylation is 1. The van der Waals surface area contributed by atoms with E-state index in [0.29, 0.717) is 0 Å². The molecule has 2 rings (SSSR count). The molecule has 0 unspecified atom stereocenters. The molecule has 0 saturated carbocycles. The van der Waals surface area contributed by atoms with Gasteiger partial charge < -0.3 is 0 Å². The second-order valence-electron chi connectivity index (χ2n) is 2.97. The minimum Gasteiger partial charge on any atom is -0.222 e. The summed E-state index contributed by atoms with van der Waals surface area (Å²) < 4.78 is 37.6. The molecule has 0 fully saturated rings. The van der Waals surface area contributed by atoms with Crippen molar-refractivity contribution in [3.63, 3.8) is 0 Å². The summed E-state index contributed by atoms with van der Waals surface area (Å²) in [5, 5.41) is 2.73. The van der Waals surface area contributed by atoms with Crippen LogP contribution in [0.15, 0.2) is 29.3 Å². The smallest absolute Gasteiger partial charge is 0.222 e. The van der Waals surface area contributed by atoms with Gasteiger partial charge in [-0.1, -0.05) is 23.9 Å². The zero-order valence-corrected chi connectivity index (χ0v) is 11.5. The van der Waals surface area contributed by atoms with Crippen molar-refractivity contribution >= 4 is 33.4 Å². The highest BCUT2D eigenvalue weighted by Gasteiger charge is 2.14. The van der Waals surface area contributed by atoms with Gasteiger partial charge in [0.2, 0.25) is 0 Å². The van der Waals surface area contributed by atoms with E-state index in [-0.39, 0.29) is 0 Å². The molecule has 1 aromatic heterocycles. The lowest BCUT2D eigenvalue weighted by Gasteiger charge is -2.17. The number of nitrogens with zero attached hydrogens (tertiary/aromatic N) is 1. The fourth-order valence-electron chi connectivity index (χ4n) is 1.32. The Morgan fingerprint density at radius 1 is 1.18 bits per heavy atom. The van der Waals surface area contributed by atoms with Gasteiger partial charge in [0, 0.05) is 0 Å². The average molecular weight is 296 g/mol. The van der Waals surface area contributed by atoms with Crippen LogP contribution >= 0.6 is 23.3 Å². The van der Waals surface area contributed by atoms with Gasteiger partial charge in [-0.2, -0.15) is 0 Å². The summed E-state index contributed by atoms with van der Waals surface area (Å²) >= 11 is 3.60. The van der Waals surface area contributed by atoms with Crippen LogP contribution in [-0.4, -0.2) is 6.26 Å². The summed E-state index contributed by atoms with van der Waals surface area (Å²) in [6, 6.07) is 8.52. The van der Waals surface area contributed by atoms with Crippen molar-refractivity contribution < 1.29 is 32.8 Å². The molecule has 8 heteroatoms. The number of benzene rings is 1. The Morgan fingerprint density at radius 2 is 1.71 bits per heavy atom. The monoisotopic (exact) mass is 295 g/mol. The molecule has 0 aliphatic rings. The quantitative estimate of drug-likeness (QED) is 0.435.